The van der Waals surface area contributed by atoms with Gasteiger partial charge in [0, 0.05) is 30.3 Å². The summed E-state index contributed by atoms with van der Waals surface area (Å²) in [7, 11) is 0. The first-order valence-electron chi connectivity index (χ1n) is 7.53. The van der Waals surface area contributed by atoms with Crippen molar-refractivity contribution in [1.29, 1.82) is 0 Å². The first-order chi connectivity index (χ1) is 10.3. The molecule has 0 saturated carbocycles. The quantitative estimate of drug-likeness (QED) is 0.765. The Morgan fingerprint density at radius 1 is 1.50 bits per heavy atom. The van der Waals surface area contributed by atoms with Gasteiger partial charge in [0.05, 0.1) is 0 Å². The second-order valence-corrected chi connectivity index (χ2v) is 8.17. The molecule has 0 N–H and O–H groups in total. The molecule has 1 atom stereocenters. The Kier molecular flexibility index (Phi) is 5.98. The predicted molar refractivity (Wildman–Crippen MR) is 91.4 cm³/mol. The van der Waals surface area contributed by atoms with Gasteiger partial charge in [0.25, 0.3) is 0 Å². The van der Waals surface area contributed by atoms with Crippen molar-refractivity contribution in [2.45, 2.75) is 50.2 Å². The Morgan fingerprint density at radius 3 is 2.91 bits per heavy atom. The summed E-state index contributed by atoms with van der Waals surface area (Å²) in [4.78, 5) is 18.1. The highest BCUT2D eigenvalue weighted by Gasteiger charge is 2.27. The lowest BCUT2D eigenvalue weighted by Gasteiger charge is -2.33. The largest absolute Gasteiger partial charge is 0.444 e. The molecular formula is C16H23ClN2O2S. The number of likely N-dealkylation sites (tertiary alicyclic amines) is 1. The van der Waals surface area contributed by atoms with E-state index in [-0.39, 0.29) is 6.09 Å². The van der Waals surface area contributed by atoms with Gasteiger partial charge in [-0.15, -0.1) is 0 Å². The monoisotopic (exact) mass is 342 g/mol. The van der Waals surface area contributed by atoms with Crippen LogP contribution >= 0.6 is 23.4 Å². The predicted octanol–water partition coefficient (Wildman–Crippen LogP) is 4.37. The number of nitrogens with zero attached hydrogens (tertiary/aromatic N) is 2. The van der Waals surface area contributed by atoms with Gasteiger partial charge in [-0.3, -0.25) is 0 Å². The third-order valence-corrected chi connectivity index (χ3v) is 4.88. The van der Waals surface area contributed by atoms with Crippen molar-refractivity contribution >= 4 is 29.5 Å². The van der Waals surface area contributed by atoms with E-state index in [0.29, 0.717) is 10.4 Å². The Hall–Kier alpha value is -0.940. The van der Waals surface area contributed by atoms with E-state index in [4.69, 9.17) is 16.3 Å². The first-order valence-corrected chi connectivity index (χ1v) is 8.96. The average Bonchev–Trinajstić information content (AvgIpc) is 2.45. The molecule has 122 valence electrons. The Bertz CT molecular complexity index is 502. The van der Waals surface area contributed by atoms with Crippen LogP contribution < -0.4 is 0 Å². The number of carbonyl (C=O) groups is 1. The number of piperidine rings is 1. The van der Waals surface area contributed by atoms with Crippen molar-refractivity contribution in [1.82, 2.24) is 9.88 Å². The Morgan fingerprint density at radius 2 is 2.27 bits per heavy atom. The van der Waals surface area contributed by atoms with Crippen LogP contribution in [0.2, 0.25) is 5.15 Å². The molecule has 1 aromatic rings. The lowest BCUT2D eigenvalue weighted by atomic mass is 10.1. The number of carbonyl (C=O) groups excluding carboxylic acids is 1. The fourth-order valence-electron chi connectivity index (χ4n) is 2.27. The topological polar surface area (TPSA) is 42.4 Å². The van der Waals surface area contributed by atoms with Crippen molar-refractivity contribution in [3.8, 4) is 0 Å². The number of amides is 1. The fourth-order valence-corrected chi connectivity index (χ4v) is 3.60. The first kappa shape index (κ1) is 17.4. The molecule has 1 aliphatic heterocycles. The molecule has 6 heteroatoms. The van der Waals surface area contributed by atoms with E-state index in [9.17, 15) is 4.79 Å². The molecule has 22 heavy (non-hydrogen) atoms. The zero-order chi connectivity index (χ0) is 16.2. The molecule has 1 fully saturated rings. The van der Waals surface area contributed by atoms with Gasteiger partial charge in [-0.1, -0.05) is 17.7 Å². The van der Waals surface area contributed by atoms with E-state index in [1.807, 2.05) is 55.8 Å². The standard InChI is InChI=1S/C16H23ClN2O2S/c1-16(2,3)21-15(20)19-8-4-5-13(10-19)22-11-12-6-7-14(17)18-9-12/h6-7,9,13H,4-5,8,10-11H2,1-3H3. The van der Waals surface area contributed by atoms with E-state index in [1.54, 1.807) is 0 Å². The molecular weight excluding hydrogens is 320 g/mol. The molecule has 0 radical (unpaired) electrons. The molecule has 0 aliphatic carbocycles. The fraction of sp³-hybridized carbons (Fsp3) is 0.625. The van der Waals surface area contributed by atoms with Crippen LogP contribution in [0.5, 0.6) is 0 Å². The molecule has 0 bridgehead atoms. The molecule has 0 spiro atoms. The molecule has 1 aromatic heterocycles. The molecule has 1 amide bonds. The van der Waals surface area contributed by atoms with Crippen LogP contribution in [0.1, 0.15) is 39.2 Å². The van der Waals surface area contributed by atoms with Gasteiger partial charge in [0.2, 0.25) is 0 Å². The molecule has 1 saturated heterocycles. The van der Waals surface area contributed by atoms with Crippen molar-refractivity contribution in [2.24, 2.45) is 0 Å². The van der Waals surface area contributed by atoms with E-state index in [0.717, 1.165) is 37.2 Å². The average molecular weight is 343 g/mol. The van der Waals surface area contributed by atoms with Gasteiger partial charge in [-0.05, 0) is 45.2 Å². The van der Waals surface area contributed by atoms with Crippen LogP contribution in [0.3, 0.4) is 0 Å². The van der Waals surface area contributed by atoms with Crippen molar-refractivity contribution in [2.75, 3.05) is 13.1 Å². The van der Waals surface area contributed by atoms with Crippen molar-refractivity contribution in [3.05, 3.63) is 29.0 Å². The lowest BCUT2D eigenvalue weighted by Crippen LogP contribution is -2.43. The zero-order valence-electron chi connectivity index (χ0n) is 13.3. The number of rotatable bonds is 3. The molecule has 1 aliphatic rings. The summed E-state index contributed by atoms with van der Waals surface area (Å²) in [5.74, 6) is 0.886. The van der Waals surface area contributed by atoms with Crippen LogP contribution in [0.25, 0.3) is 0 Å². The minimum absolute atomic E-state index is 0.203. The van der Waals surface area contributed by atoms with E-state index < -0.39 is 5.60 Å². The number of pyridine rings is 1. The van der Waals surface area contributed by atoms with E-state index >= 15 is 0 Å². The smallest absolute Gasteiger partial charge is 0.410 e. The number of aromatic nitrogens is 1. The third-order valence-electron chi connectivity index (χ3n) is 3.30. The minimum Gasteiger partial charge on any atom is -0.444 e. The summed E-state index contributed by atoms with van der Waals surface area (Å²) in [6.07, 6.45) is 3.76. The van der Waals surface area contributed by atoms with Gasteiger partial charge >= 0.3 is 6.09 Å². The summed E-state index contributed by atoms with van der Waals surface area (Å²) in [5.41, 5.74) is 0.718. The third kappa shape index (κ3) is 5.69. The number of halogens is 1. The molecule has 1 unspecified atom stereocenters. The summed E-state index contributed by atoms with van der Waals surface area (Å²) in [6, 6.07) is 3.81. The second-order valence-electron chi connectivity index (χ2n) is 6.49. The number of thioether (sulfide) groups is 1. The highest BCUT2D eigenvalue weighted by atomic mass is 35.5. The van der Waals surface area contributed by atoms with Gasteiger partial charge in [0.15, 0.2) is 0 Å². The maximum atomic E-state index is 12.1. The number of ether oxygens (including phenoxy) is 1. The normalized spacial score (nSPS) is 19.1. The van der Waals surface area contributed by atoms with Crippen LogP contribution in [0, 0.1) is 0 Å². The molecule has 2 heterocycles. The van der Waals surface area contributed by atoms with Gasteiger partial charge in [-0.25, -0.2) is 9.78 Å². The van der Waals surface area contributed by atoms with E-state index in [2.05, 4.69) is 4.98 Å². The van der Waals surface area contributed by atoms with Crippen LogP contribution in [-0.4, -0.2) is 39.9 Å². The van der Waals surface area contributed by atoms with Crippen LogP contribution in [0.15, 0.2) is 18.3 Å². The highest BCUT2D eigenvalue weighted by Crippen LogP contribution is 2.26. The highest BCUT2D eigenvalue weighted by molar-refractivity contribution is 7.99. The lowest BCUT2D eigenvalue weighted by molar-refractivity contribution is 0.0220. The molecule has 4 nitrogen and oxygen atoms in total. The number of hydrogen-bond donors (Lipinski definition) is 0. The summed E-state index contributed by atoms with van der Waals surface area (Å²) in [6.45, 7) is 7.23. The number of hydrogen-bond acceptors (Lipinski definition) is 4. The Balaban J connectivity index is 1.82. The zero-order valence-corrected chi connectivity index (χ0v) is 14.9. The summed E-state index contributed by atoms with van der Waals surface area (Å²) in [5, 5.41) is 0.958. The van der Waals surface area contributed by atoms with Crippen LogP contribution in [0.4, 0.5) is 4.79 Å². The van der Waals surface area contributed by atoms with Gasteiger partial charge < -0.3 is 9.64 Å². The SMILES string of the molecule is CC(C)(C)OC(=O)N1CCCC(SCc2ccc(Cl)nc2)C1. The van der Waals surface area contributed by atoms with E-state index in [1.165, 1.54) is 0 Å². The molecule has 0 aromatic carbocycles. The molecule has 2 rings (SSSR count). The van der Waals surface area contributed by atoms with Gasteiger partial charge in [0.1, 0.15) is 10.8 Å². The van der Waals surface area contributed by atoms with Crippen molar-refractivity contribution < 1.29 is 9.53 Å². The summed E-state index contributed by atoms with van der Waals surface area (Å²) >= 11 is 7.65. The Labute approximate surface area is 141 Å². The van der Waals surface area contributed by atoms with Crippen molar-refractivity contribution in [3.63, 3.8) is 0 Å². The maximum Gasteiger partial charge on any atom is 0.410 e. The summed E-state index contributed by atoms with van der Waals surface area (Å²) < 4.78 is 5.45. The second kappa shape index (κ2) is 7.55. The van der Waals surface area contributed by atoms with Crippen LogP contribution in [-0.2, 0) is 10.5 Å². The van der Waals surface area contributed by atoms with Gasteiger partial charge in [-0.2, -0.15) is 11.8 Å². The maximum absolute atomic E-state index is 12.1. The minimum atomic E-state index is -0.438.